The van der Waals surface area contributed by atoms with Crippen LogP contribution < -0.4 is 16.4 Å². The Labute approximate surface area is 259 Å². The standard InChI is InChI=1S/C32H47N9O3/c1-31(18-42,29(43)37-20-13-22-6-7-23(14-20)40(22)3)26-12-19(17-36-39-26)27(33)32(2,28-34-10-5-11-35-28)30(44)38-21-15-24-8-9-25(16-21)41(24)4/h5,10-12,17,20-25,27,42H,6-9,13-16,18,33H2,1-4H3,(H,37,43)(H,38,44). The van der Waals surface area contributed by atoms with Crippen LogP contribution >= 0.6 is 0 Å². The van der Waals surface area contributed by atoms with E-state index >= 15 is 0 Å². The fourth-order valence-corrected chi connectivity index (χ4v) is 8.11. The van der Waals surface area contributed by atoms with Crippen LogP contribution in [0.1, 0.15) is 88.3 Å². The second kappa shape index (κ2) is 12.0. The molecule has 2 amide bonds. The molecule has 238 valence electrons. The zero-order chi connectivity index (χ0) is 31.2. The Morgan fingerprint density at radius 3 is 1.93 bits per heavy atom. The maximum absolute atomic E-state index is 14.2. The van der Waals surface area contributed by atoms with Crippen molar-refractivity contribution < 1.29 is 14.7 Å². The molecule has 44 heavy (non-hydrogen) atoms. The number of aliphatic hydroxyl groups excluding tert-OH is 1. The molecule has 4 saturated heterocycles. The first-order chi connectivity index (χ1) is 21.0. The third-order valence-corrected chi connectivity index (χ3v) is 11.4. The van der Waals surface area contributed by atoms with E-state index < -0.39 is 23.5 Å². The van der Waals surface area contributed by atoms with E-state index in [0.29, 0.717) is 41.2 Å². The molecular weight excluding hydrogens is 558 g/mol. The Hall–Kier alpha value is -3.06. The topological polar surface area (TPSA) is 162 Å². The highest BCUT2D eigenvalue weighted by Crippen LogP contribution is 2.38. The highest BCUT2D eigenvalue weighted by Gasteiger charge is 2.48. The average molecular weight is 606 g/mol. The van der Waals surface area contributed by atoms with Gasteiger partial charge in [0.25, 0.3) is 0 Å². The molecule has 0 saturated carbocycles. The second-order valence-electron chi connectivity index (χ2n) is 14.0. The van der Waals surface area contributed by atoms with E-state index in [9.17, 15) is 14.7 Å². The van der Waals surface area contributed by atoms with Gasteiger partial charge in [0.1, 0.15) is 16.7 Å². The van der Waals surface area contributed by atoms with Crippen molar-refractivity contribution in [3.05, 3.63) is 47.8 Å². The van der Waals surface area contributed by atoms with Crippen molar-refractivity contribution in [3.63, 3.8) is 0 Å². The Balaban J connectivity index is 1.24. The van der Waals surface area contributed by atoms with Crippen LogP contribution in [0.4, 0.5) is 0 Å². The summed E-state index contributed by atoms with van der Waals surface area (Å²) < 4.78 is 0. The largest absolute Gasteiger partial charge is 0.395 e. The van der Waals surface area contributed by atoms with Gasteiger partial charge in [0.15, 0.2) is 0 Å². The fourth-order valence-electron chi connectivity index (χ4n) is 8.11. The molecule has 7 atom stereocenters. The summed E-state index contributed by atoms with van der Waals surface area (Å²) in [5, 5.41) is 25.5. The number of nitrogens with one attached hydrogen (secondary N) is 2. The van der Waals surface area contributed by atoms with E-state index in [4.69, 9.17) is 5.73 Å². The predicted molar refractivity (Wildman–Crippen MR) is 164 cm³/mol. The Morgan fingerprint density at radius 1 is 0.932 bits per heavy atom. The Morgan fingerprint density at radius 2 is 1.43 bits per heavy atom. The minimum Gasteiger partial charge on any atom is -0.395 e. The third kappa shape index (κ3) is 5.39. The maximum Gasteiger partial charge on any atom is 0.235 e. The molecule has 2 aromatic rings. The molecule has 5 N–H and O–H groups in total. The molecule has 0 spiro atoms. The maximum atomic E-state index is 14.2. The molecule has 2 aromatic heterocycles. The lowest BCUT2D eigenvalue weighted by atomic mass is 9.76. The molecule has 12 nitrogen and oxygen atoms in total. The van der Waals surface area contributed by atoms with E-state index in [0.717, 1.165) is 51.4 Å². The number of amides is 2. The molecule has 6 heterocycles. The second-order valence-corrected chi connectivity index (χ2v) is 14.0. The first kappa shape index (κ1) is 30.9. The number of aromatic nitrogens is 4. The number of fused-ring (bicyclic) bond motifs is 4. The number of rotatable bonds is 9. The lowest BCUT2D eigenvalue weighted by Gasteiger charge is -2.39. The summed E-state index contributed by atoms with van der Waals surface area (Å²) in [6.07, 6.45) is 12.9. The van der Waals surface area contributed by atoms with E-state index in [2.05, 4.69) is 54.7 Å². The minimum absolute atomic E-state index is 0.0359. The molecular formula is C32H47N9O3. The quantitative estimate of drug-likeness (QED) is 0.324. The summed E-state index contributed by atoms with van der Waals surface area (Å²) >= 11 is 0. The minimum atomic E-state index is -1.35. The van der Waals surface area contributed by atoms with Gasteiger partial charge in [-0.05, 0) is 97.0 Å². The summed E-state index contributed by atoms with van der Waals surface area (Å²) in [7, 11) is 4.33. The van der Waals surface area contributed by atoms with Crippen LogP contribution in [0.2, 0.25) is 0 Å². The highest BCUT2D eigenvalue weighted by atomic mass is 16.3. The van der Waals surface area contributed by atoms with Crippen LogP contribution in [-0.4, -0.2) is 104 Å². The van der Waals surface area contributed by atoms with Gasteiger partial charge >= 0.3 is 0 Å². The number of aliphatic hydroxyl groups is 1. The molecule has 0 radical (unpaired) electrons. The monoisotopic (exact) mass is 605 g/mol. The zero-order valence-corrected chi connectivity index (χ0v) is 26.3. The van der Waals surface area contributed by atoms with Crippen LogP contribution in [-0.2, 0) is 20.4 Å². The first-order valence-corrected chi connectivity index (χ1v) is 16.1. The number of nitrogens with two attached hydrogens (primary N) is 1. The first-order valence-electron chi connectivity index (χ1n) is 16.1. The van der Waals surface area contributed by atoms with Gasteiger partial charge in [0, 0.05) is 48.6 Å². The van der Waals surface area contributed by atoms with E-state index in [1.165, 1.54) is 6.20 Å². The molecule has 6 rings (SSSR count). The van der Waals surface area contributed by atoms with Gasteiger partial charge in [-0.15, -0.1) is 0 Å². The van der Waals surface area contributed by atoms with Crippen LogP contribution in [0, 0.1) is 0 Å². The van der Waals surface area contributed by atoms with Gasteiger partial charge in [-0.25, -0.2) is 9.97 Å². The van der Waals surface area contributed by atoms with E-state index in [-0.39, 0.29) is 23.9 Å². The predicted octanol–water partition coefficient (Wildman–Crippen LogP) is 0.957. The number of nitrogens with zero attached hydrogens (tertiary/aromatic N) is 6. The Bertz CT molecular complexity index is 1340. The summed E-state index contributed by atoms with van der Waals surface area (Å²) in [6, 6.07) is 4.43. The average Bonchev–Trinajstić information content (AvgIpc) is 3.35. The van der Waals surface area contributed by atoms with Gasteiger partial charge in [-0.1, -0.05) is 0 Å². The van der Waals surface area contributed by atoms with Gasteiger partial charge in [0.05, 0.1) is 24.5 Å². The summed E-state index contributed by atoms with van der Waals surface area (Å²) in [4.78, 5) is 41.7. The van der Waals surface area contributed by atoms with Crippen LogP contribution in [0.5, 0.6) is 0 Å². The van der Waals surface area contributed by atoms with Crippen LogP contribution in [0.15, 0.2) is 30.7 Å². The number of piperidine rings is 2. The van der Waals surface area contributed by atoms with Crippen molar-refractivity contribution in [1.82, 2.24) is 40.6 Å². The van der Waals surface area contributed by atoms with Gasteiger partial charge in [-0.3, -0.25) is 9.59 Å². The highest BCUT2D eigenvalue weighted by molar-refractivity contribution is 5.89. The lowest BCUT2D eigenvalue weighted by molar-refractivity contribution is -0.129. The van der Waals surface area contributed by atoms with Gasteiger partial charge in [-0.2, -0.15) is 10.2 Å². The SMILES string of the molecule is CN1C2CCC1CC(NC(=O)C(C)(CO)c1cc(C(N)C(C)(C(=O)NC3CC4CCC(C3)N4C)c3ncccn3)cnn1)C2. The molecule has 4 aliphatic heterocycles. The van der Waals surface area contributed by atoms with Crippen molar-refractivity contribution in [3.8, 4) is 0 Å². The molecule has 4 bridgehead atoms. The summed E-state index contributed by atoms with van der Waals surface area (Å²) in [5.74, 6) is -0.236. The molecule has 4 aliphatic rings. The van der Waals surface area contributed by atoms with Gasteiger partial charge < -0.3 is 31.3 Å². The fraction of sp³-hybridized carbons (Fsp3) is 0.688. The summed E-state index contributed by atoms with van der Waals surface area (Å²) in [6.45, 7) is 2.98. The van der Waals surface area contributed by atoms with Crippen molar-refractivity contribution >= 4 is 11.8 Å². The molecule has 0 aromatic carbocycles. The smallest absolute Gasteiger partial charge is 0.235 e. The summed E-state index contributed by atoms with van der Waals surface area (Å²) in [5.41, 5.74) is 5.06. The number of hydrogen-bond acceptors (Lipinski definition) is 10. The van der Waals surface area contributed by atoms with Crippen molar-refractivity contribution in [2.45, 2.75) is 118 Å². The molecule has 7 unspecified atom stereocenters. The Kier molecular flexibility index (Phi) is 8.46. The van der Waals surface area contributed by atoms with E-state index in [1.54, 1.807) is 38.4 Å². The molecule has 0 aliphatic carbocycles. The third-order valence-electron chi connectivity index (χ3n) is 11.4. The molecule has 4 fully saturated rings. The zero-order valence-electron chi connectivity index (χ0n) is 26.3. The lowest BCUT2D eigenvalue weighted by Crippen LogP contribution is -2.56. The molecule has 12 heteroatoms. The number of carbonyl (C=O) groups is 2. The number of hydrogen-bond donors (Lipinski definition) is 4. The van der Waals surface area contributed by atoms with Crippen molar-refractivity contribution in [2.75, 3.05) is 20.7 Å². The van der Waals surface area contributed by atoms with Crippen LogP contribution in [0.25, 0.3) is 0 Å². The van der Waals surface area contributed by atoms with Gasteiger partial charge in [0.2, 0.25) is 11.8 Å². The normalized spacial score (nSPS) is 32.0. The van der Waals surface area contributed by atoms with Crippen LogP contribution in [0.3, 0.4) is 0 Å². The van der Waals surface area contributed by atoms with Crippen molar-refractivity contribution in [2.24, 2.45) is 5.73 Å². The van der Waals surface area contributed by atoms with E-state index in [1.807, 2.05) is 0 Å². The van der Waals surface area contributed by atoms with Crippen molar-refractivity contribution in [1.29, 1.82) is 0 Å². The number of carbonyl (C=O) groups excluding carboxylic acids is 2.